The minimum absolute atomic E-state index is 0.157. The molecular weight excluding hydrogens is 348 g/mol. The third-order valence-corrected chi connectivity index (χ3v) is 3.94. The summed E-state index contributed by atoms with van der Waals surface area (Å²) in [6, 6.07) is 14.2. The number of rotatable bonds is 6. The Morgan fingerprint density at radius 3 is 2.48 bits per heavy atom. The van der Waals surface area contributed by atoms with Crippen LogP contribution in [0.25, 0.3) is 11.0 Å². The van der Waals surface area contributed by atoms with Gasteiger partial charge in [-0.1, -0.05) is 24.3 Å². The van der Waals surface area contributed by atoms with Crippen LogP contribution >= 0.6 is 0 Å². The van der Waals surface area contributed by atoms with Gasteiger partial charge in [0.2, 0.25) is 0 Å². The Morgan fingerprint density at radius 1 is 1.00 bits per heavy atom. The molecule has 0 aliphatic heterocycles. The average Bonchev–Trinajstić information content (AvgIpc) is 2.99. The highest BCUT2D eigenvalue weighted by atomic mass is 16.6. The molecule has 0 saturated carbocycles. The number of benzene rings is 2. The van der Waals surface area contributed by atoms with Crippen molar-refractivity contribution in [3.63, 3.8) is 0 Å². The van der Waals surface area contributed by atoms with Gasteiger partial charge < -0.3 is 19.2 Å². The number of hydrogen-bond acceptors (Lipinski definition) is 5. The van der Waals surface area contributed by atoms with Crippen LogP contribution in [0.15, 0.2) is 52.9 Å². The first-order valence-electron chi connectivity index (χ1n) is 8.40. The van der Waals surface area contributed by atoms with Crippen LogP contribution in [-0.4, -0.2) is 32.3 Å². The van der Waals surface area contributed by atoms with Crippen molar-refractivity contribution in [3.05, 3.63) is 59.9 Å². The maximum atomic E-state index is 12.6. The summed E-state index contributed by atoms with van der Waals surface area (Å²) in [6.45, 7) is 2.32. The van der Waals surface area contributed by atoms with Gasteiger partial charge in [0.05, 0.1) is 6.61 Å². The lowest BCUT2D eigenvalue weighted by atomic mass is 10.1. The lowest BCUT2D eigenvalue weighted by Crippen LogP contribution is -2.17. The summed E-state index contributed by atoms with van der Waals surface area (Å²) in [6.07, 6.45) is -0.594. The molecule has 7 nitrogen and oxygen atoms in total. The van der Waals surface area contributed by atoms with E-state index in [1.807, 2.05) is 31.2 Å². The molecule has 0 radical (unpaired) electrons. The van der Waals surface area contributed by atoms with E-state index >= 15 is 0 Å². The van der Waals surface area contributed by atoms with E-state index in [1.54, 1.807) is 24.3 Å². The predicted molar refractivity (Wildman–Crippen MR) is 102 cm³/mol. The van der Waals surface area contributed by atoms with Gasteiger partial charge in [0.25, 0.3) is 5.91 Å². The molecule has 140 valence electrons. The van der Waals surface area contributed by atoms with Crippen LogP contribution in [0.3, 0.4) is 0 Å². The summed E-state index contributed by atoms with van der Waals surface area (Å²) in [5.41, 5.74) is 2.46. The topological polar surface area (TPSA) is 89.8 Å². The van der Waals surface area contributed by atoms with Crippen molar-refractivity contribution in [2.24, 2.45) is 0 Å². The van der Waals surface area contributed by atoms with E-state index in [2.05, 4.69) is 10.6 Å². The normalized spacial score (nSPS) is 10.6. The zero-order chi connectivity index (χ0) is 19.2. The zero-order valence-corrected chi connectivity index (χ0v) is 15.1. The second-order valence-electron chi connectivity index (χ2n) is 5.84. The molecule has 0 bridgehead atoms. The van der Waals surface area contributed by atoms with Crippen LogP contribution in [0.1, 0.15) is 16.1 Å². The lowest BCUT2D eigenvalue weighted by molar-refractivity contribution is 0.0997. The molecule has 7 heteroatoms. The maximum absolute atomic E-state index is 12.6. The van der Waals surface area contributed by atoms with E-state index < -0.39 is 6.09 Å². The molecule has 1 aromatic heterocycles. The number of anilines is 2. The second kappa shape index (κ2) is 8.37. The molecule has 3 rings (SSSR count). The number of amides is 2. The fourth-order valence-corrected chi connectivity index (χ4v) is 2.63. The molecule has 3 aromatic rings. The number of aryl methyl sites for hydroxylation is 1. The summed E-state index contributed by atoms with van der Waals surface area (Å²) in [5, 5.41) is 6.28. The van der Waals surface area contributed by atoms with Gasteiger partial charge in [0.1, 0.15) is 12.2 Å². The quantitative estimate of drug-likeness (QED) is 0.637. The van der Waals surface area contributed by atoms with Crippen molar-refractivity contribution < 1.29 is 23.5 Å². The minimum Gasteiger partial charge on any atom is -0.451 e. The smallest absolute Gasteiger partial charge is 0.411 e. The zero-order valence-electron chi connectivity index (χ0n) is 15.1. The molecule has 0 atom stereocenters. The summed E-state index contributed by atoms with van der Waals surface area (Å²) in [7, 11) is 1.52. The highest BCUT2D eigenvalue weighted by Gasteiger charge is 2.17. The van der Waals surface area contributed by atoms with Gasteiger partial charge in [-0.2, -0.15) is 0 Å². The van der Waals surface area contributed by atoms with E-state index in [1.165, 1.54) is 7.11 Å². The third kappa shape index (κ3) is 4.45. The maximum Gasteiger partial charge on any atom is 0.411 e. The average molecular weight is 368 g/mol. The molecule has 0 aliphatic rings. The van der Waals surface area contributed by atoms with Crippen LogP contribution in [0.2, 0.25) is 0 Å². The molecule has 0 fully saturated rings. The summed E-state index contributed by atoms with van der Waals surface area (Å²) < 4.78 is 15.4. The van der Waals surface area contributed by atoms with Gasteiger partial charge in [-0.3, -0.25) is 10.1 Å². The fraction of sp³-hybridized carbons (Fsp3) is 0.200. The SMILES string of the molecule is COCCOC(=O)Nc1cccc(NC(=O)c2oc3ccccc3c2C)c1. The van der Waals surface area contributed by atoms with Crippen LogP contribution in [0.5, 0.6) is 0 Å². The number of fused-ring (bicyclic) bond motifs is 1. The summed E-state index contributed by atoms with van der Waals surface area (Å²) in [4.78, 5) is 24.3. The molecule has 27 heavy (non-hydrogen) atoms. The lowest BCUT2D eigenvalue weighted by Gasteiger charge is -2.09. The third-order valence-electron chi connectivity index (χ3n) is 3.94. The largest absolute Gasteiger partial charge is 0.451 e. The Labute approximate surface area is 156 Å². The summed E-state index contributed by atoms with van der Waals surface area (Å²) >= 11 is 0. The van der Waals surface area contributed by atoms with Crippen molar-refractivity contribution in [1.29, 1.82) is 0 Å². The van der Waals surface area contributed by atoms with E-state index in [4.69, 9.17) is 13.9 Å². The molecule has 2 amide bonds. The van der Waals surface area contributed by atoms with E-state index in [0.29, 0.717) is 23.6 Å². The Morgan fingerprint density at radius 2 is 1.74 bits per heavy atom. The number of methoxy groups -OCH3 is 1. The summed E-state index contributed by atoms with van der Waals surface area (Å²) in [5.74, 6) is -0.0999. The first kappa shape index (κ1) is 18.5. The first-order chi connectivity index (χ1) is 13.1. The predicted octanol–water partition coefficient (Wildman–Crippen LogP) is 4.19. The molecule has 0 spiro atoms. The molecule has 2 N–H and O–H groups in total. The molecule has 0 saturated heterocycles. The number of ether oxygens (including phenoxy) is 2. The van der Waals surface area contributed by atoms with Gasteiger partial charge in [-0.25, -0.2) is 4.79 Å². The van der Waals surface area contributed by atoms with Gasteiger partial charge in [-0.15, -0.1) is 0 Å². The second-order valence-corrected chi connectivity index (χ2v) is 5.84. The van der Waals surface area contributed by atoms with Crippen molar-refractivity contribution in [2.45, 2.75) is 6.92 Å². The molecule has 2 aromatic carbocycles. The van der Waals surface area contributed by atoms with Gasteiger partial charge in [0.15, 0.2) is 5.76 Å². The van der Waals surface area contributed by atoms with Crippen LogP contribution in [0, 0.1) is 6.92 Å². The molecular formula is C20H20N2O5. The standard InChI is InChI=1S/C20H20N2O5/c1-13-16-8-3-4-9-17(16)27-18(13)19(23)21-14-6-5-7-15(12-14)22-20(24)26-11-10-25-2/h3-9,12H,10-11H2,1-2H3,(H,21,23)(H,22,24). The van der Waals surface area contributed by atoms with Crippen molar-refractivity contribution in [1.82, 2.24) is 0 Å². The van der Waals surface area contributed by atoms with Crippen LogP contribution < -0.4 is 10.6 Å². The highest BCUT2D eigenvalue weighted by Crippen LogP contribution is 2.26. The van der Waals surface area contributed by atoms with Crippen molar-refractivity contribution in [2.75, 3.05) is 31.0 Å². The molecule has 1 heterocycles. The number of carbonyl (C=O) groups excluding carboxylic acids is 2. The number of para-hydroxylation sites is 1. The first-order valence-corrected chi connectivity index (χ1v) is 8.40. The van der Waals surface area contributed by atoms with Gasteiger partial charge in [-0.05, 0) is 31.2 Å². The molecule has 0 aliphatic carbocycles. The van der Waals surface area contributed by atoms with Crippen molar-refractivity contribution >= 4 is 34.3 Å². The van der Waals surface area contributed by atoms with Gasteiger partial charge in [0, 0.05) is 29.4 Å². The number of hydrogen-bond donors (Lipinski definition) is 2. The number of furan rings is 1. The number of nitrogens with one attached hydrogen (secondary N) is 2. The van der Waals surface area contributed by atoms with E-state index in [9.17, 15) is 9.59 Å². The van der Waals surface area contributed by atoms with Gasteiger partial charge >= 0.3 is 6.09 Å². The van der Waals surface area contributed by atoms with Crippen LogP contribution in [-0.2, 0) is 9.47 Å². The Bertz CT molecular complexity index is 964. The Kier molecular flexibility index (Phi) is 5.73. The van der Waals surface area contributed by atoms with Crippen LogP contribution in [0.4, 0.5) is 16.2 Å². The van der Waals surface area contributed by atoms with E-state index in [0.717, 1.165) is 10.9 Å². The van der Waals surface area contributed by atoms with E-state index in [-0.39, 0.29) is 18.3 Å². The Hall–Kier alpha value is -3.32. The monoisotopic (exact) mass is 368 g/mol. The van der Waals surface area contributed by atoms with Crippen molar-refractivity contribution in [3.8, 4) is 0 Å². The number of carbonyl (C=O) groups is 2. The molecule has 0 unspecified atom stereocenters. The Balaban J connectivity index is 1.69. The minimum atomic E-state index is -0.594. The fourth-order valence-electron chi connectivity index (χ4n) is 2.63. The highest BCUT2D eigenvalue weighted by molar-refractivity contribution is 6.06.